The van der Waals surface area contributed by atoms with Gasteiger partial charge in [-0.15, -0.1) is 10.2 Å². The molecule has 1 atom stereocenters. The van der Waals surface area contributed by atoms with E-state index in [1.54, 1.807) is 6.20 Å². The zero-order chi connectivity index (χ0) is 18.6. The molecule has 0 spiro atoms. The first-order chi connectivity index (χ1) is 13.2. The molecule has 0 amide bonds. The van der Waals surface area contributed by atoms with Crippen LogP contribution in [0.1, 0.15) is 18.4 Å². The molecule has 1 unspecified atom stereocenters. The summed E-state index contributed by atoms with van der Waals surface area (Å²) in [5.41, 5.74) is 1.97. The zero-order valence-corrected chi connectivity index (χ0v) is 15.6. The number of piperidine rings is 1. The molecule has 6 heteroatoms. The number of imidazole rings is 1. The zero-order valence-electron chi connectivity index (χ0n) is 15.6. The fourth-order valence-corrected chi connectivity index (χ4v) is 3.76. The number of aliphatic hydroxyl groups excluding tert-OH is 1. The fraction of sp³-hybridized carbons (Fsp3) is 0.381. The van der Waals surface area contributed by atoms with Gasteiger partial charge < -0.3 is 14.6 Å². The molecule has 3 aromatic rings. The Balaban J connectivity index is 1.34. The van der Waals surface area contributed by atoms with Gasteiger partial charge in [0.05, 0.1) is 6.10 Å². The van der Waals surface area contributed by atoms with Gasteiger partial charge in [0.1, 0.15) is 5.69 Å². The number of aliphatic hydroxyl groups is 1. The number of nitrogens with zero attached hydrogens (tertiary/aromatic N) is 5. The standard InChI is InChI=1S/C21H25N5O/c1-25-14-11-22-21(25)18-7-8-20(24-23-18)26-12-9-17(10-13-26)19(27)15-16-5-3-2-4-6-16/h2-8,11,14,17,19,27H,9-10,12-13,15H2,1H3. The molecule has 140 valence electrons. The Morgan fingerprint density at radius 1 is 1.07 bits per heavy atom. The molecule has 1 N–H and O–H groups in total. The van der Waals surface area contributed by atoms with E-state index in [0.717, 1.165) is 49.7 Å². The van der Waals surface area contributed by atoms with Crippen molar-refractivity contribution in [3.05, 3.63) is 60.4 Å². The van der Waals surface area contributed by atoms with Crippen molar-refractivity contribution < 1.29 is 5.11 Å². The van der Waals surface area contributed by atoms with Gasteiger partial charge in [0.15, 0.2) is 11.6 Å². The van der Waals surface area contributed by atoms with Crippen molar-refractivity contribution in [1.82, 2.24) is 19.7 Å². The van der Waals surface area contributed by atoms with E-state index >= 15 is 0 Å². The minimum absolute atomic E-state index is 0.286. The molecule has 2 aromatic heterocycles. The van der Waals surface area contributed by atoms with Crippen LogP contribution < -0.4 is 4.90 Å². The van der Waals surface area contributed by atoms with Crippen molar-refractivity contribution in [3.63, 3.8) is 0 Å². The molecule has 6 nitrogen and oxygen atoms in total. The van der Waals surface area contributed by atoms with Crippen molar-refractivity contribution in [2.24, 2.45) is 13.0 Å². The quantitative estimate of drug-likeness (QED) is 0.755. The first-order valence-corrected chi connectivity index (χ1v) is 9.49. The highest BCUT2D eigenvalue weighted by atomic mass is 16.3. The summed E-state index contributed by atoms with van der Waals surface area (Å²) >= 11 is 0. The van der Waals surface area contributed by atoms with Crippen LogP contribution in [0.15, 0.2) is 54.9 Å². The highest BCUT2D eigenvalue weighted by Crippen LogP contribution is 2.26. The van der Waals surface area contributed by atoms with E-state index in [1.165, 1.54) is 5.56 Å². The van der Waals surface area contributed by atoms with Crippen LogP contribution in [0.25, 0.3) is 11.5 Å². The van der Waals surface area contributed by atoms with Crippen molar-refractivity contribution in [2.75, 3.05) is 18.0 Å². The molecule has 1 fully saturated rings. The van der Waals surface area contributed by atoms with Gasteiger partial charge in [0.2, 0.25) is 0 Å². The van der Waals surface area contributed by atoms with E-state index in [-0.39, 0.29) is 6.10 Å². The van der Waals surface area contributed by atoms with Gasteiger partial charge in [0.25, 0.3) is 0 Å². The lowest BCUT2D eigenvalue weighted by atomic mass is 9.88. The Bertz CT molecular complexity index is 854. The molecular formula is C21H25N5O. The molecule has 0 saturated carbocycles. The number of aryl methyl sites for hydroxylation is 1. The topological polar surface area (TPSA) is 67.1 Å². The molecule has 1 aromatic carbocycles. The second kappa shape index (κ2) is 7.88. The van der Waals surface area contributed by atoms with Crippen LogP contribution in [-0.4, -0.2) is 44.0 Å². The average molecular weight is 363 g/mol. The second-order valence-corrected chi connectivity index (χ2v) is 7.22. The van der Waals surface area contributed by atoms with Crippen molar-refractivity contribution in [3.8, 4) is 11.5 Å². The maximum atomic E-state index is 10.6. The van der Waals surface area contributed by atoms with Crippen molar-refractivity contribution in [2.45, 2.75) is 25.4 Å². The minimum Gasteiger partial charge on any atom is -0.392 e. The lowest BCUT2D eigenvalue weighted by molar-refractivity contribution is 0.0929. The SMILES string of the molecule is Cn1ccnc1-c1ccc(N2CCC(C(O)Cc3ccccc3)CC2)nn1. The third-order valence-corrected chi connectivity index (χ3v) is 5.40. The lowest BCUT2D eigenvalue weighted by Crippen LogP contribution is -2.39. The first-order valence-electron chi connectivity index (χ1n) is 9.49. The van der Waals surface area contributed by atoms with Gasteiger partial charge in [0, 0.05) is 32.5 Å². The summed E-state index contributed by atoms with van der Waals surface area (Å²) in [7, 11) is 1.95. The summed E-state index contributed by atoms with van der Waals surface area (Å²) in [5.74, 6) is 2.04. The molecule has 0 bridgehead atoms. The molecule has 1 saturated heterocycles. The second-order valence-electron chi connectivity index (χ2n) is 7.22. The van der Waals surface area contributed by atoms with Crippen molar-refractivity contribution in [1.29, 1.82) is 0 Å². The van der Waals surface area contributed by atoms with Gasteiger partial charge >= 0.3 is 0 Å². The number of hydrogen-bond acceptors (Lipinski definition) is 5. The number of anilines is 1. The number of rotatable bonds is 5. The molecule has 27 heavy (non-hydrogen) atoms. The van der Waals surface area contributed by atoms with E-state index < -0.39 is 0 Å². The van der Waals surface area contributed by atoms with Gasteiger partial charge in [-0.25, -0.2) is 4.98 Å². The Hall–Kier alpha value is -2.73. The minimum atomic E-state index is -0.286. The van der Waals surface area contributed by atoms with Crippen LogP contribution in [0.3, 0.4) is 0 Å². The average Bonchev–Trinajstić information content (AvgIpc) is 3.15. The Kier molecular flexibility index (Phi) is 5.16. The Morgan fingerprint density at radius 3 is 2.48 bits per heavy atom. The normalized spacial score (nSPS) is 16.4. The summed E-state index contributed by atoms with van der Waals surface area (Å²) in [4.78, 5) is 6.56. The molecule has 0 radical (unpaired) electrons. The van der Waals surface area contributed by atoms with Crippen LogP contribution >= 0.6 is 0 Å². The summed E-state index contributed by atoms with van der Waals surface area (Å²) in [5, 5.41) is 19.3. The molecular weight excluding hydrogens is 338 g/mol. The maximum Gasteiger partial charge on any atom is 0.160 e. The largest absolute Gasteiger partial charge is 0.392 e. The smallest absolute Gasteiger partial charge is 0.160 e. The fourth-order valence-electron chi connectivity index (χ4n) is 3.76. The summed E-state index contributed by atoms with van der Waals surface area (Å²) in [6.07, 6.45) is 6.04. The van der Waals surface area contributed by atoms with Gasteiger partial charge in [-0.2, -0.15) is 0 Å². The van der Waals surface area contributed by atoms with Crippen molar-refractivity contribution >= 4 is 5.82 Å². The summed E-state index contributed by atoms with van der Waals surface area (Å²) in [6.45, 7) is 1.79. The molecule has 0 aliphatic carbocycles. The highest BCUT2D eigenvalue weighted by Gasteiger charge is 2.26. The van der Waals surface area contributed by atoms with Crippen LogP contribution in [0.5, 0.6) is 0 Å². The molecule has 1 aliphatic heterocycles. The predicted molar refractivity (Wildman–Crippen MR) is 105 cm³/mol. The number of hydrogen-bond donors (Lipinski definition) is 1. The maximum absolute atomic E-state index is 10.6. The van der Waals surface area contributed by atoms with E-state index in [4.69, 9.17) is 0 Å². The monoisotopic (exact) mass is 363 g/mol. The third-order valence-electron chi connectivity index (χ3n) is 5.40. The molecule has 1 aliphatic rings. The van der Waals surface area contributed by atoms with Crippen LogP contribution in [0.2, 0.25) is 0 Å². The van der Waals surface area contributed by atoms with Gasteiger partial charge in [-0.05, 0) is 42.9 Å². The number of aromatic nitrogens is 4. The highest BCUT2D eigenvalue weighted by molar-refractivity contribution is 5.51. The van der Waals surface area contributed by atoms with Crippen LogP contribution in [0.4, 0.5) is 5.82 Å². The first kappa shape index (κ1) is 17.7. The van der Waals surface area contributed by atoms with Crippen LogP contribution in [-0.2, 0) is 13.5 Å². The lowest BCUT2D eigenvalue weighted by Gasteiger charge is -2.34. The number of benzene rings is 1. The third kappa shape index (κ3) is 4.01. The van der Waals surface area contributed by atoms with E-state index in [9.17, 15) is 5.11 Å². The summed E-state index contributed by atoms with van der Waals surface area (Å²) < 4.78 is 1.93. The predicted octanol–water partition coefficient (Wildman–Crippen LogP) is 2.70. The van der Waals surface area contributed by atoms with E-state index in [2.05, 4.69) is 32.2 Å². The van der Waals surface area contributed by atoms with Crippen LogP contribution in [0, 0.1) is 5.92 Å². The van der Waals surface area contributed by atoms with Gasteiger partial charge in [-0.1, -0.05) is 30.3 Å². The summed E-state index contributed by atoms with van der Waals surface area (Å²) in [6, 6.07) is 14.2. The Morgan fingerprint density at radius 2 is 1.85 bits per heavy atom. The molecule has 3 heterocycles. The van der Waals surface area contributed by atoms with E-state index in [0.29, 0.717) is 5.92 Å². The molecule has 4 rings (SSSR count). The van der Waals surface area contributed by atoms with Gasteiger partial charge in [-0.3, -0.25) is 0 Å². The van der Waals surface area contributed by atoms with E-state index in [1.807, 2.05) is 48.1 Å². The Labute approximate surface area is 159 Å².